The number of nitriles is 1. The molecule has 1 atom stereocenters. The molecule has 2 aromatic heterocycles. The maximum atomic E-state index is 8.91. The number of nitrogens with zero attached hydrogens (tertiary/aromatic N) is 4. The molecule has 0 bridgehead atoms. The number of nitrogens with one attached hydrogen (secondary N) is 1. The van der Waals surface area contributed by atoms with E-state index < -0.39 is 0 Å². The zero-order chi connectivity index (χ0) is 12.4. The molecule has 0 aliphatic carbocycles. The van der Waals surface area contributed by atoms with Crippen molar-refractivity contribution in [3.8, 4) is 17.5 Å². The Morgan fingerprint density at radius 2 is 2.44 bits per heavy atom. The Morgan fingerprint density at radius 3 is 3.22 bits per heavy atom. The molecular formula is C11H11N5OS. The third-order valence-corrected chi connectivity index (χ3v) is 4.26. The number of thioether (sulfide) groups is 1. The van der Waals surface area contributed by atoms with Crippen molar-refractivity contribution in [3.63, 3.8) is 0 Å². The second-order valence-corrected chi connectivity index (χ2v) is 5.39. The third kappa shape index (κ3) is 1.99. The number of hydrogen-bond acceptors (Lipinski definition) is 6. The van der Waals surface area contributed by atoms with Crippen molar-refractivity contribution in [1.82, 2.24) is 20.3 Å². The fraction of sp³-hybridized carbons (Fsp3) is 0.455. The molecule has 0 amide bonds. The van der Waals surface area contributed by atoms with Gasteiger partial charge >= 0.3 is 0 Å². The minimum absolute atomic E-state index is 0.314. The van der Waals surface area contributed by atoms with Gasteiger partial charge in [0, 0.05) is 0 Å². The summed E-state index contributed by atoms with van der Waals surface area (Å²) in [5.74, 6) is 2.23. The summed E-state index contributed by atoms with van der Waals surface area (Å²) in [5, 5.41) is 19.6. The van der Waals surface area contributed by atoms with Crippen LogP contribution in [0.3, 0.4) is 0 Å². The fourth-order valence-electron chi connectivity index (χ4n) is 1.95. The first-order valence-corrected chi connectivity index (χ1v) is 6.82. The van der Waals surface area contributed by atoms with Crippen LogP contribution in [0.5, 0.6) is 0 Å². The Kier molecular flexibility index (Phi) is 3.02. The smallest absolute Gasteiger partial charge is 0.262 e. The Morgan fingerprint density at radius 1 is 1.50 bits per heavy atom. The lowest BCUT2D eigenvalue weighted by molar-refractivity contribution is 0.420. The van der Waals surface area contributed by atoms with Gasteiger partial charge in [-0.2, -0.15) is 27.1 Å². The second-order valence-electron chi connectivity index (χ2n) is 4.08. The molecule has 1 N–H and O–H groups in total. The molecule has 0 saturated carbocycles. The highest BCUT2D eigenvalue weighted by Gasteiger charge is 2.23. The number of aromatic amines is 1. The number of aromatic nitrogens is 4. The van der Waals surface area contributed by atoms with Gasteiger partial charge in [-0.25, -0.2) is 0 Å². The standard InChI is InChI=1S/C11H11N5OS/c12-5-8-7(6-13-15-8)11-14-10(16-17-11)9-3-1-2-4-18-9/h6,9H,1-4H2,(H,13,15). The average Bonchev–Trinajstić information content (AvgIpc) is 3.08. The van der Waals surface area contributed by atoms with Gasteiger partial charge in [0.1, 0.15) is 11.8 Å². The van der Waals surface area contributed by atoms with Gasteiger partial charge in [0.2, 0.25) is 0 Å². The minimum Gasteiger partial charge on any atom is -0.334 e. The van der Waals surface area contributed by atoms with Crippen LogP contribution in [-0.2, 0) is 0 Å². The summed E-state index contributed by atoms with van der Waals surface area (Å²) < 4.78 is 5.22. The molecule has 0 aromatic carbocycles. The second kappa shape index (κ2) is 4.82. The summed E-state index contributed by atoms with van der Waals surface area (Å²) in [5.41, 5.74) is 0.915. The minimum atomic E-state index is 0.314. The largest absolute Gasteiger partial charge is 0.334 e. The van der Waals surface area contributed by atoms with Crippen molar-refractivity contribution in [2.45, 2.75) is 24.5 Å². The molecule has 6 nitrogen and oxygen atoms in total. The highest BCUT2D eigenvalue weighted by Crippen LogP contribution is 2.37. The Labute approximate surface area is 108 Å². The Bertz CT molecular complexity index is 578. The summed E-state index contributed by atoms with van der Waals surface area (Å²) in [4.78, 5) is 4.38. The van der Waals surface area contributed by atoms with Crippen LogP contribution in [0, 0.1) is 11.3 Å². The highest BCUT2D eigenvalue weighted by molar-refractivity contribution is 7.99. The zero-order valence-corrected chi connectivity index (χ0v) is 10.4. The van der Waals surface area contributed by atoms with Crippen molar-refractivity contribution in [3.05, 3.63) is 17.7 Å². The molecule has 3 rings (SSSR count). The lowest BCUT2D eigenvalue weighted by atomic mass is 10.2. The first kappa shape index (κ1) is 11.3. The average molecular weight is 261 g/mol. The van der Waals surface area contributed by atoms with Gasteiger partial charge in [0.25, 0.3) is 5.89 Å². The fourth-order valence-corrected chi connectivity index (χ4v) is 3.19. The predicted octanol–water partition coefficient (Wildman–Crippen LogP) is 2.29. The van der Waals surface area contributed by atoms with E-state index in [1.54, 1.807) is 0 Å². The van der Waals surface area contributed by atoms with Crippen molar-refractivity contribution >= 4 is 11.8 Å². The van der Waals surface area contributed by atoms with Gasteiger partial charge in [-0.05, 0) is 18.6 Å². The van der Waals surface area contributed by atoms with Crippen molar-refractivity contribution in [1.29, 1.82) is 5.26 Å². The topological polar surface area (TPSA) is 91.4 Å². The number of rotatable bonds is 2. The van der Waals surface area contributed by atoms with Gasteiger partial charge in [0.05, 0.1) is 17.0 Å². The monoisotopic (exact) mass is 261 g/mol. The van der Waals surface area contributed by atoms with Crippen molar-refractivity contribution < 1.29 is 4.52 Å². The van der Waals surface area contributed by atoms with Crippen molar-refractivity contribution in [2.24, 2.45) is 0 Å². The van der Waals surface area contributed by atoms with E-state index >= 15 is 0 Å². The van der Waals surface area contributed by atoms with E-state index in [0.29, 0.717) is 22.4 Å². The van der Waals surface area contributed by atoms with Crippen LogP contribution < -0.4 is 0 Å². The molecule has 3 heterocycles. The Hall–Kier alpha value is -1.81. The molecule has 1 unspecified atom stereocenters. The quantitative estimate of drug-likeness (QED) is 0.891. The van der Waals surface area contributed by atoms with E-state index in [2.05, 4.69) is 20.3 Å². The molecule has 7 heteroatoms. The van der Waals surface area contributed by atoms with Gasteiger partial charge in [0.15, 0.2) is 5.82 Å². The molecule has 0 spiro atoms. The van der Waals surface area contributed by atoms with E-state index in [0.717, 1.165) is 18.0 Å². The van der Waals surface area contributed by atoms with E-state index in [4.69, 9.17) is 9.78 Å². The van der Waals surface area contributed by atoms with E-state index in [1.807, 2.05) is 17.8 Å². The maximum absolute atomic E-state index is 8.91. The van der Waals surface area contributed by atoms with Crippen LogP contribution in [-0.4, -0.2) is 26.1 Å². The SMILES string of the molecule is N#Cc1[nH]ncc1-c1nc(C2CCCCS2)no1. The van der Waals surface area contributed by atoms with Crippen LogP contribution in [0.1, 0.15) is 36.0 Å². The first-order chi connectivity index (χ1) is 8.88. The molecule has 1 aliphatic rings. The molecule has 18 heavy (non-hydrogen) atoms. The van der Waals surface area contributed by atoms with Crippen LogP contribution in [0.2, 0.25) is 0 Å². The normalized spacial score (nSPS) is 19.6. The molecule has 2 aromatic rings. The first-order valence-electron chi connectivity index (χ1n) is 5.77. The summed E-state index contributed by atoms with van der Waals surface area (Å²) >= 11 is 1.86. The molecule has 1 saturated heterocycles. The molecule has 0 radical (unpaired) electrons. The van der Waals surface area contributed by atoms with Gasteiger partial charge in [-0.3, -0.25) is 5.10 Å². The van der Waals surface area contributed by atoms with E-state index in [9.17, 15) is 0 Å². The van der Waals surface area contributed by atoms with Crippen molar-refractivity contribution in [2.75, 3.05) is 5.75 Å². The predicted molar refractivity (Wildman–Crippen MR) is 65.6 cm³/mol. The third-order valence-electron chi connectivity index (χ3n) is 2.89. The summed E-state index contributed by atoms with van der Waals surface area (Å²) in [6.45, 7) is 0. The van der Waals surface area contributed by atoms with Crippen LogP contribution in [0.4, 0.5) is 0 Å². The van der Waals surface area contributed by atoms with Gasteiger partial charge in [-0.1, -0.05) is 11.6 Å². The van der Waals surface area contributed by atoms with Gasteiger partial charge in [-0.15, -0.1) is 0 Å². The Balaban J connectivity index is 1.87. The highest BCUT2D eigenvalue weighted by atomic mass is 32.2. The number of H-pyrrole nitrogens is 1. The zero-order valence-electron chi connectivity index (χ0n) is 9.59. The molecular weight excluding hydrogens is 250 g/mol. The van der Waals surface area contributed by atoms with Crippen LogP contribution in [0.25, 0.3) is 11.5 Å². The lowest BCUT2D eigenvalue weighted by Crippen LogP contribution is -2.03. The maximum Gasteiger partial charge on any atom is 0.262 e. The molecule has 1 fully saturated rings. The lowest BCUT2D eigenvalue weighted by Gasteiger charge is -2.17. The van der Waals surface area contributed by atoms with Crippen LogP contribution >= 0.6 is 11.8 Å². The molecule has 1 aliphatic heterocycles. The summed E-state index contributed by atoms with van der Waals surface area (Å²) in [7, 11) is 0. The van der Waals surface area contributed by atoms with E-state index in [-0.39, 0.29) is 0 Å². The van der Waals surface area contributed by atoms with Crippen LogP contribution in [0.15, 0.2) is 10.7 Å². The van der Waals surface area contributed by atoms with Gasteiger partial charge < -0.3 is 4.52 Å². The number of hydrogen-bond donors (Lipinski definition) is 1. The summed E-state index contributed by atoms with van der Waals surface area (Å²) in [6.07, 6.45) is 5.08. The van der Waals surface area contributed by atoms with E-state index in [1.165, 1.54) is 19.0 Å². The molecule has 92 valence electrons. The summed E-state index contributed by atoms with van der Waals surface area (Å²) in [6, 6.07) is 2.01.